The molecule has 0 N–H and O–H groups in total. The third-order valence-corrected chi connectivity index (χ3v) is 4.12. The number of carboxylic acid groups (broad SMARTS) is 2. The molecule has 4 nitrogen and oxygen atoms in total. The summed E-state index contributed by atoms with van der Waals surface area (Å²) in [4.78, 5) is 23.1. The minimum absolute atomic E-state index is 0. The molecule has 0 aromatic heterocycles. The van der Waals surface area contributed by atoms with Gasteiger partial charge in [-0.05, 0) is 12.0 Å². The molecule has 0 unspecified atom stereocenters. The van der Waals surface area contributed by atoms with E-state index in [1.54, 1.807) is 18.2 Å². The molecule has 0 saturated carbocycles. The van der Waals surface area contributed by atoms with Crippen LogP contribution in [-0.4, -0.2) is 11.9 Å². The van der Waals surface area contributed by atoms with Crippen molar-refractivity contribution in [3.8, 4) is 0 Å². The second kappa shape index (κ2) is 14.6. The summed E-state index contributed by atoms with van der Waals surface area (Å²) in [5.41, 5.74) is -1.83. The van der Waals surface area contributed by atoms with Gasteiger partial charge in [0.1, 0.15) is 0 Å². The zero-order valence-corrected chi connectivity index (χ0v) is 18.3. The van der Waals surface area contributed by atoms with E-state index in [0.717, 1.165) is 19.3 Å². The van der Waals surface area contributed by atoms with Crippen LogP contribution >= 0.6 is 0 Å². The second-order valence-electron chi connectivity index (χ2n) is 5.72. The molecule has 6 heteroatoms. The summed E-state index contributed by atoms with van der Waals surface area (Å²) >= 11 is 0. The Morgan fingerprint density at radius 1 is 0.875 bits per heavy atom. The van der Waals surface area contributed by atoms with Crippen LogP contribution in [0.2, 0.25) is 0 Å². The van der Waals surface area contributed by atoms with Crippen molar-refractivity contribution in [2.75, 3.05) is 0 Å². The molecule has 24 heavy (non-hydrogen) atoms. The molecular formula is C18H24KLiO4. The molecule has 0 heterocycles. The van der Waals surface area contributed by atoms with Gasteiger partial charge >= 0.3 is 70.2 Å². The Hall–Kier alpha value is 0.394. The van der Waals surface area contributed by atoms with E-state index < -0.39 is 17.4 Å². The van der Waals surface area contributed by atoms with E-state index in [2.05, 4.69) is 6.92 Å². The molecule has 0 amide bonds. The zero-order chi connectivity index (χ0) is 16.4. The Morgan fingerprint density at radius 3 is 1.79 bits per heavy atom. The number of benzene rings is 1. The number of hydrogen-bond acceptors (Lipinski definition) is 4. The molecule has 1 aromatic rings. The predicted molar refractivity (Wildman–Crippen MR) is 80.7 cm³/mol. The summed E-state index contributed by atoms with van der Waals surface area (Å²) in [6, 6.07) is 7.98. The molecule has 0 fully saturated rings. The first-order valence-corrected chi connectivity index (χ1v) is 8.04. The van der Waals surface area contributed by atoms with Gasteiger partial charge in [0, 0.05) is 0 Å². The van der Waals surface area contributed by atoms with Crippen molar-refractivity contribution in [2.24, 2.45) is 0 Å². The summed E-state index contributed by atoms with van der Waals surface area (Å²) in [6.07, 6.45) is 6.99. The minimum Gasteiger partial charge on any atom is -0.549 e. The molecule has 122 valence electrons. The Bertz CT molecular complexity index is 465. The van der Waals surface area contributed by atoms with Crippen LogP contribution in [0.3, 0.4) is 0 Å². The summed E-state index contributed by atoms with van der Waals surface area (Å²) in [5.74, 6) is -3.19. The fourth-order valence-electron chi connectivity index (χ4n) is 2.74. The molecule has 0 atom stereocenters. The van der Waals surface area contributed by atoms with Crippen molar-refractivity contribution >= 4 is 11.9 Å². The summed E-state index contributed by atoms with van der Waals surface area (Å²) in [7, 11) is 0. The topological polar surface area (TPSA) is 80.3 Å². The largest absolute Gasteiger partial charge is 1.00 e. The molecule has 1 rings (SSSR count). The molecule has 0 radical (unpaired) electrons. The van der Waals surface area contributed by atoms with E-state index in [9.17, 15) is 19.8 Å². The molecule has 0 spiro atoms. The van der Waals surface area contributed by atoms with E-state index in [1.165, 1.54) is 31.4 Å². The summed E-state index contributed by atoms with van der Waals surface area (Å²) in [6.45, 7) is 2.15. The second-order valence-corrected chi connectivity index (χ2v) is 5.72. The fourth-order valence-corrected chi connectivity index (χ4v) is 2.74. The molecule has 0 saturated heterocycles. The predicted octanol–water partition coefficient (Wildman–Crippen LogP) is -4.43. The summed E-state index contributed by atoms with van der Waals surface area (Å²) in [5, 5.41) is 23.1. The zero-order valence-electron chi connectivity index (χ0n) is 15.2. The Morgan fingerprint density at radius 2 is 1.33 bits per heavy atom. The number of carbonyl (C=O) groups is 2. The van der Waals surface area contributed by atoms with Crippen molar-refractivity contribution in [2.45, 2.75) is 63.7 Å². The van der Waals surface area contributed by atoms with Crippen molar-refractivity contribution in [1.29, 1.82) is 0 Å². The van der Waals surface area contributed by atoms with Crippen LogP contribution in [0.5, 0.6) is 0 Å². The standard InChI is InChI=1S/C18H26O4.K.Li/c1-2-3-4-5-6-7-11-14-18(16(19)20,17(21)22)15-12-9-8-10-13-15;;/h8-10,12-13H,2-7,11,14H2,1H3,(H,19,20)(H,21,22);;/q;2*+1/p-2. The van der Waals surface area contributed by atoms with Crippen LogP contribution in [0.1, 0.15) is 63.9 Å². The minimum atomic E-state index is -2.05. The van der Waals surface area contributed by atoms with Gasteiger partial charge < -0.3 is 19.8 Å². The third kappa shape index (κ3) is 7.74. The molecule has 1 aromatic carbocycles. The van der Waals surface area contributed by atoms with Crippen molar-refractivity contribution in [1.82, 2.24) is 0 Å². The normalized spacial score (nSPS) is 10.4. The van der Waals surface area contributed by atoms with Gasteiger partial charge in [-0.2, -0.15) is 0 Å². The SMILES string of the molecule is CCCCCCCCCC(C(=O)[O-])(C(=O)[O-])c1ccccc1.[K+].[Li+]. The first kappa shape index (κ1) is 26.6. The van der Waals surface area contributed by atoms with Crippen LogP contribution in [-0.2, 0) is 15.0 Å². The average molecular weight is 350 g/mol. The van der Waals surface area contributed by atoms with Gasteiger partial charge in [0.25, 0.3) is 0 Å². The maximum absolute atomic E-state index is 11.5. The summed E-state index contributed by atoms with van der Waals surface area (Å²) < 4.78 is 0. The van der Waals surface area contributed by atoms with Gasteiger partial charge in [-0.1, -0.05) is 82.2 Å². The van der Waals surface area contributed by atoms with Crippen LogP contribution in [0.25, 0.3) is 0 Å². The number of carboxylic acids is 2. The maximum atomic E-state index is 11.5. The number of hydrogen-bond donors (Lipinski definition) is 0. The molecule has 0 aliphatic rings. The smallest absolute Gasteiger partial charge is 0.549 e. The number of unbranched alkanes of at least 4 members (excludes halogenated alkanes) is 6. The van der Waals surface area contributed by atoms with Gasteiger partial charge in [0.2, 0.25) is 0 Å². The average Bonchev–Trinajstić information content (AvgIpc) is 2.50. The maximum Gasteiger partial charge on any atom is 1.00 e. The van der Waals surface area contributed by atoms with Crippen LogP contribution in [0.4, 0.5) is 0 Å². The van der Waals surface area contributed by atoms with Crippen LogP contribution < -0.4 is 80.5 Å². The van der Waals surface area contributed by atoms with Crippen molar-refractivity contribution in [3.63, 3.8) is 0 Å². The fraction of sp³-hybridized carbons (Fsp3) is 0.556. The van der Waals surface area contributed by atoms with Gasteiger partial charge in [-0.25, -0.2) is 0 Å². The Kier molecular flexibility index (Phi) is 16.1. The van der Waals surface area contributed by atoms with Gasteiger partial charge in [-0.15, -0.1) is 0 Å². The first-order chi connectivity index (χ1) is 10.6. The van der Waals surface area contributed by atoms with E-state index in [-0.39, 0.29) is 82.2 Å². The van der Waals surface area contributed by atoms with Crippen molar-refractivity contribution in [3.05, 3.63) is 35.9 Å². The van der Waals surface area contributed by atoms with Gasteiger partial charge in [-0.3, -0.25) is 0 Å². The first-order valence-electron chi connectivity index (χ1n) is 8.04. The van der Waals surface area contributed by atoms with E-state index >= 15 is 0 Å². The number of rotatable bonds is 11. The van der Waals surface area contributed by atoms with Gasteiger partial charge in [0.15, 0.2) is 0 Å². The molecule has 0 aliphatic heterocycles. The molecular weight excluding hydrogens is 326 g/mol. The number of carbonyl (C=O) groups excluding carboxylic acids is 2. The van der Waals surface area contributed by atoms with Crippen LogP contribution in [0.15, 0.2) is 30.3 Å². The molecule has 0 aliphatic carbocycles. The monoisotopic (exact) mass is 350 g/mol. The van der Waals surface area contributed by atoms with Gasteiger partial charge in [0.05, 0.1) is 17.4 Å². The quantitative estimate of drug-likeness (QED) is 0.229. The number of aliphatic carboxylic acids is 2. The Labute approximate surface area is 199 Å². The van der Waals surface area contributed by atoms with E-state index in [0.29, 0.717) is 6.42 Å². The van der Waals surface area contributed by atoms with E-state index in [1.807, 2.05) is 0 Å². The van der Waals surface area contributed by atoms with Crippen LogP contribution in [0, 0.1) is 0 Å². The van der Waals surface area contributed by atoms with E-state index in [4.69, 9.17) is 0 Å². The van der Waals surface area contributed by atoms with Crippen molar-refractivity contribution < 1.29 is 90.0 Å². The molecule has 0 bridgehead atoms. The Balaban J connectivity index is 0. The third-order valence-electron chi connectivity index (χ3n) is 4.12.